The third-order valence-corrected chi connectivity index (χ3v) is 3.30. The predicted octanol–water partition coefficient (Wildman–Crippen LogP) is 0.824. The molecule has 17 heavy (non-hydrogen) atoms. The van der Waals surface area contributed by atoms with Crippen LogP contribution < -0.4 is 5.73 Å². The summed E-state index contributed by atoms with van der Waals surface area (Å²) in [6.45, 7) is 5.36. The molecule has 1 atom stereocenters. The van der Waals surface area contributed by atoms with Gasteiger partial charge in [0.15, 0.2) is 0 Å². The summed E-state index contributed by atoms with van der Waals surface area (Å²) in [4.78, 5) is 2.51. The number of likely N-dealkylation sites (tertiary alicyclic amines) is 1. The van der Waals surface area contributed by atoms with Crippen LogP contribution in [0, 0.1) is 5.92 Å². The second-order valence-electron chi connectivity index (χ2n) is 4.77. The highest BCUT2D eigenvalue weighted by Gasteiger charge is 2.21. The molecule has 1 fully saturated rings. The van der Waals surface area contributed by atoms with Crippen LogP contribution in [0.5, 0.6) is 0 Å². The number of aryl methyl sites for hydroxylation is 1. The summed E-state index contributed by atoms with van der Waals surface area (Å²) in [5.74, 6) is 1.33. The fourth-order valence-corrected chi connectivity index (χ4v) is 2.45. The van der Waals surface area contributed by atoms with Gasteiger partial charge in [0.2, 0.25) is 0 Å². The van der Waals surface area contributed by atoms with E-state index < -0.39 is 0 Å². The SMILES string of the molecule is COCC1CCN(CCCn2ccc(N)n2)C1. The zero-order chi connectivity index (χ0) is 12.1. The third kappa shape index (κ3) is 3.71. The molecule has 1 unspecified atom stereocenters. The van der Waals surface area contributed by atoms with Crippen LogP contribution in [0.25, 0.3) is 0 Å². The number of rotatable bonds is 6. The molecule has 5 nitrogen and oxygen atoms in total. The first-order valence-electron chi connectivity index (χ1n) is 6.28. The van der Waals surface area contributed by atoms with E-state index in [0.29, 0.717) is 5.82 Å². The van der Waals surface area contributed by atoms with Crippen molar-refractivity contribution in [2.75, 3.05) is 39.1 Å². The number of nitrogen functional groups attached to an aromatic ring is 1. The molecule has 1 saturated heterocycles. The van der Waals surface area contributed by atoms with Crippen molar-refractivity contribution in [3.63, 3.8) is 0 Å². The molecule has 0 spiro atoms. The third-order valence-electron chi connectivity index (χ3n) is 3.30. The molecule has 5 heteroatoms. The Hall–Kier alpha value is -1.07. The smallest absolute Gasteiger partial charge is 0.145 e. The van der Waals surface area contributed by atoms with Crippen molar-refractivity contribution in [1.29, 1.82) is 0 Å². The van der Waals surface area contributed by atoms with Crippen molar-refractivity contribution in [3.05, 3.63) is 12.3 Å². The molecule has 0 aliphatic carbocycles. The molecule has 2 heterocycles. The van der Waals surface area contributed by atoms with Gasteiger partial charge < -0.3 is 15.4 Å². The Morgan fingerprint density at radius 1 is 1.53 bits per heavy atom. The van der Waals surface area contributed by atoms with Gasteiger partial charge in [0.05, 0.1) is 6.61 Å². The summed E-state index contributed by atoms with van der Waals surface area (Å²) >= 11 is 0. The van der Waals surface area contributed by atoms with E-state index in [1.807, 2.05) is 16.9 Å². The minimum atomic E-state index is 0.603. The standard InChI is InChI=1S/C12H22N4O/c1-17-10-11-3-7-15(9-11)5-2-6-16-8-4-12(13)14-16/h4,8,11H,2-3,5-7,9-10H2,1H3,(H2,13,14). The van der Waals surface area contributed by atoms with Gasteiger partial charge in [0, 0.05) is 26.4 Å². The van der Waals surface area contributed by atoms with E-state index in [-0.39, 0.29) is 0 Å². The molecule has 0 bridgehead atoms. The maximum atomic E-state index is 5.57. The molecule has 1 aromatic heterocycles. The monoisotopic (exact) mass is 238 g/mol. The highest BCUT2D eigenvalue weighted by atomic mass is 16.5. The van der Waals surface area contributed by atoms with E-state index in [2.05, 4.69) is 10.00 Å². The van der Waals surface area contributed by atoms with Gasteiger partial charge in [-0.05, 0) is 37.9 Å². The molecule has 2 N–H and O–H groups in total. The fraction of sp³-hybridized carbons (Fsp3) is 0.750. The van der Waals surface area contributed by atoms with Gasteiger partial charge in [0.25, 0.3) is 0 Å². The Kier molecular flexibility index (Phi) is 4.39. The molecule has 1 aliphatic heterocycles. The largest absolute Gasteiger partial charge is 0.384 e. The van der Waals surface area contributed by atoms with Gasteiger partial charge in [-0.2, -0.15) is 5.10 Å². The normalized spacial score (nSPS) is 21.1. The molecule has 0 radical (unpaired) electrons. The molecule has 1 aromatic rings. The first-order valence-corrected chi connectivity index (χ1v) is 6.28. The predicted molar refractivity (Wildman–Crippen MR) is 67.7 cm³/mol. The number of aromatic nitrogens is 2. The highest BCUT2D eigenvalue weighted by Crippen LogP contribution is 2.16. The Balaban J connectivity index is 1.63. The Bertz CT molecular complexity index is 339. The number of nitrogens with two attached hydrogens (primary N) is 1. The van der Waals surface area contributed by atoms with E-state index in [4.69, 9.17) is 10.5 Å². The van der Waals surface area contributed by atoms with Gasteiger partial charge in [0.1, 0.15) is 5.82 Å². The van der Waals surface area contributed by atoms with E-state index in [1.165, 1.54) is 19.5 Å². The average Bonchev–Trinajstić information content (AvgIpc) is 2.89. The molecular weight excluding hydrogens is 216 g/mol. The van der Waals surface area contributed by atoms with Gasteiger partial charge in [-0.1, -0.05) is 0 Å². The summed E-state index contributed by atoms with van der Waals surface area (Å²) < 4.78 is 7.11. The van der Waals surface area contributed by atoms with E-state index in [0.717, 1.165) is 32.0 Å². The fourth-order valence-electron chi connectivity index (χ4n) is 2.45. The molecule has 96 valence electrons. The summed E-state index contributed by atoms with van der Waals surface area (Å²) in [5, 5.41) is 4.18. The summed E-state index contributed by atoms with van der Waals surface area (Å²) in [5.41, 5.74) is 5.57. The lowest BCUT2D eigenvalue weighted by molar-refractivity contribution is 0.153. The van der Waals surface area contributed by atoms with Gasteiger partial charge >= 0.3 is 0 Å². The van der Waals surface area contributed by atoms with Crippen LogP contribution in [0.3, 0.4) is 0 Å². The Morgan fingerprint density at radius 2 is 2.41 bits per heavy atom. The maximum absolute atomic E-state index is 5.57. The quantitative estimate of drug-likeness (QED) is 0.797. The summed E-state index contributed by atoms with van der Waals surface area (Å²) in [7, 11) is 1.78. The Labute approximate surface area is 103 Å². The van der Waals surface area contributed by atoms with Crippen molar-refractivity contribution in [1.82, 2.24) is 14.7 Å². The van der Waals surface area contributed by atoms with Crippen molar-refractivity contribution in [3.8, 4) is 0 Å². The zero-order valence-corrected chi connectivity index (χ0v) is 10.5. The molecule has 2 rings (SSSR count). The number of hydrogen-bond acceptors (Lipinski definition) is 4. The van der Waals surface area contributed by atoms with Crippen molar-refractivity contribution in [2.45, 2.75) is 19.4 Å². The van der Waals surface area contributed by atoms with Crippen molar-refractivity contribution >= 4 is 5.82 Å². The van der Waals surface area contributed by atoms with E-state index in [9.17, 15) is 0 Å². The molecule has 0 amide bonds. The minimum Gasteiger partial charge on any atom is -0.384 e. The van der Waals surface area contributed by atoms with Crippen LogP contribution in [0.15, 0.2) is 12.3 Å². The number of anilines is 1. The van der Waals surface area contributed by atoms with Crippen LogP contribution in [-0.2, 0) is 11.3 Å². The number of hydrogen-bond donors (Lipinski definition) is 1. The second kappa shape index (κ2) is 6.02. The van der Waals surface area contributed by atoms with Crippen LogP contribution in [0.2, 0.25) is 0 Å². The first kappa shape index (κ1) is 12.4. The van der Waals surface area contributed by atoms with Gasteiger partial charge in [-0.25, -0.2) is 0 Å². The lowest BCUT2D eigenvalue weighted by Crippen LogP contribution is -2.24. The topological polar surface area (TPSA) is 56.3 Å². The van der Waals surface area contributed by atoms with Gasteiger partial charge in [-0.3, -0.25) is 4.68 Å². The number of ether oxygens (including phenoxy) is 1. The van der Waals surface area contributed by atoms with E-state index >= 15 is 0 Å². The van der Waals surface area contributed by atoms with Crippen LogP contribution in [0.4, 0.5) is 5.82 Å². The number of nitrogens with zero attached hydrogens (tertiary/aromatic N) is 3. The van der Waals surface area contributed by atoms with Crippen molar-refractivity contribution in [2.24, 2.45) is 5.92 Å². The van der Waals surface area contributed by atoms with Crippen molar-refractivity contribution < 1.29 is 4.74 Å². The van der Waals surface area contributed by atoms with Gasteiger partial charge in [-0.15, -0.1) is 0 Å². The average molecular weight is 238 g/mol. The van der Waals surface area contributed by atoms with Crippen LogP contribution in [0.1, 0.15) is 12.8 Å². The summed E-state index contributed by atoms with van der Waals surface area (Å²) in [6.07, 6.45) is 4.33. The second-order valence-corrected chi connectivity index (χ2v) is 4.77. The number of methoxy groups -OCH3 is 1. The molecule has 1 aliphatic rings. The molecule has 0 saturated carbocycles. The highest BCUT2D eigenvalue weighted by molar-refractivity contribution is 5.23. The molecule has 0 aromatic carbocycles. The minimum absolute atomic E-state index is 0.603. The Morgan fingerprint density at radius 3 is 3.12 bits per heavy atom. The lowest BCUT2D eigenvalue weighted by atomic mass is 10.1. The summed E-state index contributed by atoms with van der Waals surface area (Å²) in [6, 6.07) is 1.84. The molecular formula is C12H22N4O. The maximum Gasteiger partial charge on any atom is 0.145 e. The first-order chi connectivity index (χ1) is 8.28. The zero-order valence-electron chi connectivity index (χ0n) is 10.5. The van der Waals surface area contributed by atoms with Crippen LogP contribution >= 0.6 is 0 Å². The lowest BCUT2D eigenvalue weighted by Gasteiger charge is -2.15. The van der Waals surface area contributed by atoms with E-state index in [1.54, 1.807) is 7.11 Å². The van der Waals surface area contributed by atoms with Crippen LogP contribution in [-0.4, -0.2) is 48.0 Å².